The van der Waals surface area contributed by atoms with E-state index in [1.807, 2.05) is 18.2 Å². The van der Waals surface area contributed by atoms with Crippen LogP contribution in [-0.4, -0.2) is 36.6 Å². The standard InChI is InChI=1S/C19H15BrN2O5S/c1-26-16(23)10-22-14-8-7-11(20)9-15(14)28-19(22)21-17(24)12-5-3-4-6-13(12)18(25)27-2/h3-9H,10H2,1-2H3. The molecule has 0 saturated heterocycles. The third-order valence-corrected chi connectivity index (χ3v) is 5.45. The monoisotopic (exact) mass is 462 g/mol. The third kappa shape index (κ3) is 4.05. The number of halogens is 1. The van der Waals surface area contributed by atoms with E-state index in [2.05, 4.69) is 20.9 Å². The molecule has 0 saturated carbocycles. The average molecular weight is 463 g/mol. The molecule has 9 heteroatoms. The van der Waals surface area contributed by atoms with Gasteiger partial charge in [-0.1, -0.05) is 39.4 Å². The van der Waals surface area contributed by atoms with Crippen LogP contribution in [0.15, 0.2) is 51.9 Å². The number of ether oxygens (including phenoxy) is 2. The molecular formula is C19H15BrN2O5S. The predicted molar refractivity (Wildman–Crippen MR) is 107 cm³/mol. The molecular weight excluding hydrogens is 448 g/mol. The van der Waals surface area contributed by atoms with Crippen molar-refractivity contribution in [3.8, 4) is 0 Å². The van der Waals surface area contributed by atoms with Gasteiger partial charge in [0.05, 0.1) is 35.6 Å². The molecule has 1 heterocycles. The Balaban J connectivity index is 2.16. The first-order valence-electron chi connectivity index (χ1n) is 8.06. The predicted octanol–water partition coefficient (Wildman–Crippen LogP) is 3.17. The Bertz CT molecular complexity index is 1150. The Labute approximate surface area is 172 Å². The van der Waals surface area contributed by atoms with Crippen LogP contribution >= 0.6 is 27.3 Å². The Morgan fingerprint density at radius 2 is 1.79 bits per heavy atom. The molecule has 3 rings (SSSR count). The smallest absolute Gasteiger partial charge is 0.338 e. The Hall–Kier alpha value is -2.78. The Morgan fingerprint density at radius 3 is 2.46 bits per heavy atom. The van der Waals surface area contributed by atoms with Crippen LogP contribution in [0.25, 0.3) is 10.2 Å². The molecule has 28 heavy (non-hydrogen) atoms. The van der Waals surface area contributed by atoms with Gasteiger partial charge in [0.25, 0.3) is 5.91 Å². The highest BCUT2D eigenvalue weighted by Crippen LogP contribution is 2.22. The first-order chi connectivity index (χ1) is 13.4. The first kappa shape index (κ1) is 20.0. The van der Waals surface area contributed by atoms with Crippen molar-refractivity contribution in [1.29, 1.82) is 0 Å². The Morgan fingerprint density at radius 1 is 1.07 bits per heavy atom. The maximum absolute atomic E-state index is 12.8. The third-order valence-electron chi connectivity index (χ3n) is 3.92. The number of amides is 1. The van der Waals surface area contributed by atoms with E-state index in [0.29, 0.717) is 4.80 Å². The van der Waals surface area contributed by atoms with E-state index in [4.69, 9.17) is 9.47 Å². The van der Waals surface area contributed by atoms with Crippen LogP contribution in [0.5, 0.6) is 0 Å². The maximum Gasteiger partial charge on any atom is 0.338 e. The van der Waals surface area contributed by atoms with Crippen LogP contribution < -0.4 is 4.80 Å². The lowest BCUT2D eigenvalue weighted by molar-refractivity contribution is -0.141. The Kier molecular flexibility index (Phi) is 6.05. The van der Waals surface area contributed by atoms with E-state index in [1.54, 1.807) is 16.7 Å². The zero-order valence-corrected chi connectivity index (χ0v) is 17.4. The molecule has 0 aliphatic heterocycles. The highest BCUT2D eigenvalue weighted by molar-refractivity contribution is 9.10. The lowest BCUT2D eigenvalue weighted by Crippen LogP contribution is -2.22. The molecule has 144 valence electrons. The summed E-state index contributed by atoms with van der Waals surface area (Å²) in [6.07, 6.45) is 0. The van der Waals surface area contributed by atoms with Gasteiger partial charge in [0, 0.05) is 4.47 Å². The van der Waals surface area contributed by atoms with Crippen molar-refractivity contribution in [2.24, 2.45) is 4.99 Å². The van der Waals surface area contributed by atoms with Gasteiger partial charge in [-0.25, -0.2) is 4.79 Å². The molecule has 0 atom stereocenters. The highest BCUT2D eigenvalue weighted by atomic mass is 79.9. The fourth-order valence-electron chi connectivity index (χ4n) is 2.58. The first-order valence-corrected chi connectivity index (χ1v) is 9.67. The van der Waals surface area contributed by atoms with Crippen LogP contribution in [0.2, 0.25) is 0 Å². The van der Waals surface area contributed by atoms with Crippen molar-refractivity contribution < 1.29 is 23.9 Å². The summed E-state index contributed by atoms with van der Waals surface area (Å²) in [5, 5.41) is 0. The van der Waals surface area contributed by atoms with Crippen molar-refractivity contribution in [1.82, 2.24) is 4.57 Å². The lowest BCUT2D eigenvalue weighted by atomic mass is 10.1. The summed E-state index contributed by atoms with van der Waals surface area (Å²) in [6.45, 7) is -0.0944. The highest BCUT2D eigenvalue weighted by Gasteiger charge is 2.18. The number of fused-ring (bicyclic) bond motifs is 1. The minimum atomic E-state index is -0.623. The van der Waals surface area contributed by atoms with Crippen LogP contribution in [0.3, 0.4) is 0 Å². The number of thiazole rings is 1. The molecule has 0 bridgehead atoms. The van der Waals surface area contributed by atoms with Gasteiger partial charge in [0.2, 0.25) is 0 Å². The number of rotatable bonds is 4. The summed E-state index contributed by atoms with van der Waals surface area (Å²) in [4.78, 5) is 41.1. The number of esters is 2. The number of benzene rings is 2. The number of aromatic nitrogens is 1. The molecule has 1 amide bonds. The molecule has 7 nitrogen and oxygen atoms in total. The topological polar surface area (TPSA) is 87.0 Å². The van der Waals surface area contributed by atoms with Crippen molar-refractivity contribution in [2.75, 3.05) is 14.2 Å². The van der Waals surface area contributed by atoms with Crippen molar-refractivity contribution in [2.45, 2.75) is 6.54 Å². The summed E-state index contributed by atoms with van der Waals surface area (Å²) in [5.74, 6) is -1.70. The molecule has 0 spiro atoms. The zero-order valence-electron chi connectivity index (χ0n) is 15.0. The minimum Gasteiger partial charge on any atom is -0.468 e. The number of nitrogens with zero attached hydrogens (tertiary/aromatic N) is 2. The normalized spacial score (nSPS) is 11.5. The van der Waals surface area contributed by atoms with Gasteiger partial charge in [-0.2, -0.15) is 4.99 Å². The summed E-state index contributed by atoms with van der Waals surface area (Å²) in [5.41, 5.74) is 0.992. The molecule has 0 N–H and O–H groups in total. The SMILES string of the molecule is COC(=O)Cn1c(=NC(=O)c2ccccc2C(=O)OC)sc2cc(Br)ccc21. The van der Waals surface area contributed by atoms with E-state index in [1.165, 1.54) is 37.7 Å². The second-order valence-electron chi connectivity index (χ2n) is 5.61. The van der Waals surface area contributed by atoms with Crippen molar-refractivity contribution >= 4 is 55.3 Å². The molecule has 0 unspecified atom stereocenters. The number of hydrogen-bond donors (Lipinski definition) is 0. The van der Waals surface area contributed by atoms with Crippen molar-refractivity contribution in [3.63, 3.8) is 0 Å². The van der Waals surface area contributed by atoms with Gasteiger partial charge in [0.15, 0.2) is 4.80 Å². The minimum absolute atomic E-state index is 0.0944. The fraction of sp³-hybridized carbons (Fsp3) is 0.158. The van der Waals surface area contributed by atoms with Gasteiger partial charge in [0.1, 0.15) is 6.54 Å². The molecule has 0 aliphatic rings. The molecule has 3 aromatic rings. The second-order valence-corrected chi connectivity index (χ2v) is 7.54. The number of carbonyl (C=O) groups is 3. The average Bonchev–Trinajstić information content (AvgIpc) is 3.02. The fourth-order valence-corrected chi connectivity index (χ4v) is 4.16. The quantitative estimate of drug-likeness (QED) is 0.555. The van der Waals surface area contributed by atoms with Crippen LogP contribution in [0.4, 0.5) is 0 Å². The van der Waals surface area contributed by atoms with E-state index in [0.717, 1.165) is 14.7 Å². The second kappa shape index (κ2) is 8.49. The molecule has 1 aromatic heterocycles. The summed E-state index contributed by atoms with van der Waals surface area (Å²) in [6, 6.07) is 11.8. The van der Waals surface area contributed by atoms with E-state index >= 15 is 0 Å². The van der Waals surface area contributed by atoms with Gasteiger partial charge in [-0.3, -0.25) is 9.59 Å². The van der Waals surface area contributed by atoms with E-state index in [-0.39, 0.29) is 17.7 Å². The molecule has 2 aromatic carbocycles. The number of hydrogen-bond acceptors (Lipinski definition) is 6. The summed E-state index contributed by atoms with van der Waals surface area (Å²) in [7, 11) is 2.54. The number of methoxy groups -OCH3 is 2. The van der Waals surface area contributed by atoms with Crippen molar-refractivity contribution in [3.05, 3.63) is 62.9 Å². The zero-order chi connectivity index (χ0) is 20.3. The summed E-state index contributed by atoms with van der Waals surface area (Å²) < 4.78 is 12.8. The number of carbonyl (C=O) groups excluding carboxylic acids is 3. The lowest BCUT2D eigenvalue weighted by Gasteiger charge is -2.05. The molecule has 0 aliphatic carbocycles. The largest absolute Gasteiger partial charge is 0.468 e. The van der Waals surface area contributed by atoms with E-state index in [9.17, 15) is 14.4 Å². The van der Waals surface area contributed by atoms with Crippen LogP contribution in [-0.2, 0) is 20.8 Å². The maximum atomic E-state index is 12.8. The van der Waals surface area contributed by atoms with Gasteiger partial charge >= 0.3 is 11.9 Å². The molecule has 0 radical (unpaired) electrons. The van der Waals surface area contributed by atoms with Gasteiger partial charge in [-0.15, -0.1) is 0 Å². The summed E-state index contributed by atoms with van der Waals surface area (Å²) >= 11 is 4.66. The van der Waals surface area contributed by atoms with Crippen LogP contribution in [0, 0.1) is 0 Å². The van der Waals surface area contributed by atoms with E-state index < -0.39 is 17.8 Å². The molecule has 0 fully saturated rings. The van der Waals surface area contributed by atoms with Gasteiger partial charge < -0.3 is 14.0 Å². The van der Waals surface area contributed by atoms with Crippen LogP contribution in [0.1, 0.15) is 20.7 Å². The van der Waals surface area contributed by atoms with Gasteiger partial charge in [-0.05, 0) is 30.3 Å².